The third-order valence-electron chi connectivity index (χ3n) is 8.91. The van der Waals surface area contributed by atoms with Crippen LogP contribution in [0, 0.1) is 0 Å². The molecule has 252 valence electrons. The fourth-order valence-electron chi connectivity index (χ4n) is 6.40. The van der Waals surface area contributed by atoms with Crippen LogP contribution in [0.4, 0.5) is 14.5 Å². The minimum Gasteiger partial charge on any atom is -0.493 e. The van der Waals surface area contributed by atoms with Gasteiger partial charge in [0.2, 0.25) is 6.41 Å². The quantitative estimate of drug-likeness (QED) is 0.213. The number of alkyl halides is 2. The van der Waals surface area contributed by atoms with Gasteiger partial charge in [0.05, 0.1) is 24.6 Å². The van der Waals surface area contributed by atoms with Gasteiger partial charge in [-0.2, -0.15) is 0 Å². The average molecular weight is 663 g/mol. The van der Waals surface area contributed by atoms with Crippen LogP contribution in [-0.4, -0.2) is 79.2 Å². The number of hydrogen-bond donors (Lipinski definition) is 0. The zero-order valence-corrected chi connectivity index (χ0v) is 26.5. The second-order valence-corrected chi connectivity index (χ2v) is 11.8. The van der Waals surface area contributed by atoms with Crippen molar-refractivity contribution in [2.24, 2.45) is 0 Å². The summed E-state index contributed by atoms with van der Waals surface area (Å²) in [5, 5.41) is 0.148. The molecule has 0 bridgehead atoms. The molecule has 3 aromatic carbocycles. The number of fused-ring (bicyclic) bond motifs is 2. The highest BCUT2D eigenvalue weighted by molar-refractivity contribution is 5.96. The van der Waals surface area contributed by atoms with Crippen LogP contribution in [-0.2, 0) is 22.6 Å². The highest BCUT2D eigenvalue weighted by Gasteiger charge is 2.27. The molecule has 0 unspecified atom stereocenters. The first-order chi connectivity index (χ1) is 23.3. The maximum Gasteiger partial charge on any atom is 0.332 e. The Morgan fingerprint density at radius 2 is 1.75 bits per heavy atom. The number of piperidine rings is 1. The van der Waals surface area contributed by atoms with E-state index in [2.05, 4.69) is 0 Å². The van der Waals surface area contributed by atoms with Crippen LogP contribution in [0.1, 0.15) is 30.0 Å². The maximum atomic E-state index is 14.0. The van der Waals surface area contributed by atoms with Gasteiger partial charge in [0, 0.05) is 31.4 Å². The second-order valence-electron chi connectivity index (χ2n) is 11.8. The highest BCUT2D eigenvalue weighted by atomic mass is 19.1. The Labute approximate surface area is 274 Å². The number of likely N-dealkylation sites (tertiary alicyclic amines) is 1. The molecule has 1 fully saturated rings. The van der Waals surface area contributed by atoms with Crippen molar-refractivity contribution in [1.29, 1.82) is 0 Å². The third kappa shape index (κ3) is 6.49. The van der Waals surface area contributed by atoms with Crippen LogP contribution in [0.2, 0.25) is 0 Å². The number of carbonyl (C=O) groups is 2. The van der Waals surface area contributed by atoms with Crippen molar-refractivity contribution in [1.82, 2.24) is 14.0 Å². The van der Waals surface area contributed by atoms with Crippen molar-refractivity contribution >= 4 is 28.9 Å². The molecule has 0 spiro atoms. The molecular weight excluding hydrogens is 626 g/mol. The maximum absolute atomic E-state index is 14.0. The lowest BCUT2D eigenvalue weighted by Crippen LogP contribution is -2.44. The van der Waals surface area contributed by atoms with E-state index in [0.29, 0.717) is 55.1 Å². The SMILES string of the molecule is COc1cc(Cn2c(=O)c3cc(OC(CF)CF)ccc3n(C3CCN(C=O)CC3)c2=O)ccc1OCC(=O)N1CCc2ccccc21. The van der Waals surface area contributed by atoms with Gasteiger partial charge >= 0.3 is 5.69 Å². The molecule has 6 rings (SSSR count). The molecule has 2 amide bonds. The van der Waals surface area contributed by atoms with Gasteiger partial charge in [-0.3, -0.25) is 23.5 Å². The number of anilines is 1. The summed E-state index contributed by atoms with van der Waals surface area (Å²) in [6.07, 6.45) is 1.22. The molecule has 2 aliphatic rings. The van der Waals surface area contributed by atoms with Crippen molar-refractivity contribution < 1.29 is 32.6 Å². The first kappa shape index (κ1) is 32.7. The lowest BCUT2D eigenvalue weighted by Gasteiger charge is -2.31. The van der Waals surface area contributed by atoms with E-state index in [1.54, 1.807) is 38.6 Å². The fraction of sp³-hybridized carbons (Fsp3) is 0.371. The van der Waals surface area contributed by atoms with Gasteiger partial charge in [-0.15, -0.1) is 0 Å². The molecule has 0 radical (unpaired) electrons. The Kier molecular flexibility index (Phi) is 9.74. The van der Waals surface area contributed by atoms with Gasteiger partial charge in [-0.1, -0.05) is 24.3 Å². The van der Waals surface area contributed by atoms with Gasteiger partial charge in [-0.05, 0) is 66.8 Å². The van der Waals surface area contributed by atoms with Crippen molar-refractivity contribution in [2.45, 2.75) is 38.0 Å². The minimum absolute atomic E-state index is 0.0996. The van der Waals surface area contributed by atoms with Gasteiger partial charge in [0.25, 0.3) is 11.5 Å². The Balaban J connectivity index is 1.30. The monoisotopic (exact) mass is 662 g/mol. The summed E-state index contributed by atoms with van der Waals surface area (Å²) in [5.74, 6) is 0.546. The Morgan fingerprint density at radius 1 is 0.979 bits per heavy atom. The molecule has 0 N–H and O–H groups in total. The Morgan fingerprint density at radius 3 is 2.48 bits per heavy atom. The number of carbonyl (C=O) groups excluding carboxylic acids is 2. The average Bonchev–Trinajstić information content (AvgIpc) is 3.56. The van der Waals surface area contributed by atoms with Gasteiger partial charge in [0.1, 0.15) is 19.1 Å². The van der Waals surface area contributed by atoms with Crippen molar-refractivity contribution in [3.63, 3.8) is 0 Å². The van der Waals surface area contributed by atoms with E-state index in [1.807, 2.05) is 24.3 Å². The highest BCUT2D eigenvalue weighted by Crippen LogP contribution is 2.31. The van der Waals surface area contributed by atoms with Gasteiger partial charge in [-0.25, -0.2) is 13.6 Å². The van der Waals surface area contributed by atoms with E-state index in [1.165, 1.54) is 19.2 Å². The lowest BCUT2D eigenvalue weighted by molar-refractivity contribution is -0.120. The molecule has 1 aromatic heterocycles. The summed E-state index contributed by atoms with van der Waals surface area (Å²) >= 11 is 0. The number of aromatic nitrogens is 2. The molecule has 1 saturated heterocycles. The number of nitrogens with zero attached hydrogens (tertiary/aromatic N) is 4. The van der Waals surface area contributed by atoms with E-state index in [4.69, 9.17) is 14.2 Å². The van der Waals surface area contributed by atoms with Crippen LogP contribution in [0.5, 0.6) is 17.2 Å². The summed E-state index contributed by atoms with van der Waals surface area (Å²) < 4.78 is 45.9. The van der Waals surface area contributed by atoms with E-state index in [0.717, 1.165) is 28.6 Å². The molecule has 3 heterocycles. The smallest absolute Gasteiger partial charge is 0.332 e. The summed E-state index contributed by atoms with van der Waals surface area (Å²) in [5.41, 5.74) is 1.76. The van der Waals surface area contributed by atoms with Crippen LogP contribution in [0.3, 0.4) is 0 Å². The van der Waals surface area contributed by atoms with Gasteiger partial charge in [0.15, 0.2) is 24.2 Å². The topological polar surface area (TPSA) is 112 Å². The molecule has 2 aliphatic heterocycles. The molecule has 0 atom stereocenters. The number of halogens is 2. The van der Waals surface area contributed by atoms with Crippen LogP contribution in [0.25, 0.3) is 10.9 Å². The lowest BCUT2D eigenvalue weighted by atomic mass is 10.0. The summed E-state index contributed by atoms with van der Waals surface area (Å²) in [7, 11) is 1.45. The molecule has 11 nitrogen and oxygen atoms in total. The summed E-state index contributed by atoms with van der Waals surface area (Å²) in [6.45, 7) is -0.955. The van der Waals surface area contributed by atoms with E-state index in [-0.39, 0.29) is 36.2 Å². The number of benzene rings is 3. The number of methoxy groups -OCH3 is 1. The second kappa shape index (κ2) is 14.3. The standard InChI is InChI=1S/C35H36F2N4O7/c1-46-32-16-23(6-9-31(32)47-21-33(43)39-15-10-24-4-2-3-5-29(24)39)20-40-34(44)28-17-26(48-27(18-36)19-37)7-8-30(28)41(35(40)45)25-11-13-38(22-42)14-12-25/h2-9,16-17,22,25,27H,10-15,18-21H2,1H3. The first-order valence-corrected chi connectivity index (χ1v) is 15.8. The zero-order valence-electron chi connectivity index (χ0n) is 26.5. The Bertz CT molecular complexity index is 1930. The fourth-order valence-corrected chi connectivity index (χ4v) is 6.40. The molecule has 48 heavy (non-hydrogen) atoms. The first-order valence-electron chi connectivity index (χ1n) is 15.8. The summed E-state index contributed by atoms with van der Waals surface area (Å²) in [4.78, 5) is 55.6. The Hall–Kier alpha value is -5.20. The van der Waals surface area contributed by atoms with E-state index in [9.17, 15) is 28.0 Å². The predicted octanol–water partition coefficient (Wildman–Crippen LogP) is 3.67. The molecular formula is C35H36F2N4O7. The van der Waals surface area contributed by atoms with E-state index < -0.39 is 30.7 Å². The number of para-hydroxylation sites is 1. The van der Waals surface area contributed by atoms with Gasteiger partial charge < -0.3 is 24.0 Å². The molecule has 4 aromatic rings. The molecule has 13 heteroatoms. The van der Waals surface area contributed by atoms with Crippen molar-refractivity contribution in [2.75, 3.05) is 51.6 Å². The number of ether oxygens (including phenoxy) is 3. The van der Waals surface area contributed by atoms with Crippen LogP contribution >= 0.6 is 0 Å². The molecule has 0 aliphatic carbocycles. The number of amides is 2. The predicted molar refractivity (Wildman–Crippen MR) is 175 cm³/mol. The van der Waals surface area contributed by atoms with Crippen LogP contribution in [0.15, 0.2) is 70.3 Å². The van der Waals surface area contributed by atoms with Crippen molar-refractivity contribution in [3.8, 4) is 17.2 Å². The van der Waals surface area contributed by atoms with E-state index >= 15 is 0 Å². The number of rotatable bonds is 12. The van der Waals surface area contributed by atoms with Crippen LogP contribution < -0.4 is 30.4 Å². The van der Waals surface area contributed by atoms with Crippen molar-refractivity contribution in [3.05, 3.63) is 92.6 Å². The largest absolute Gasteiger partial charge is 0.493 e. The third-order valence-corrected chi connectivity index (χ3v) is 8.91. The molecule has 0 saturated carbocycles. The zero-order chi connectivity index (χ0) is 33.8. The normalized spacial score (nSPS) is 14.8. The minimum atomic E-state index is -1.32. The summed E-state index contributed by atoms with van der Waals surface area (Å²) in [6, 6.07) is 16.8. The number of hydrogen-bond acceptors (Lipinski definition) is 7.